The third-order valence-corrected chi connectivity index (χ3v) is 24.4. The number of para-hydroxylation sites is 6. The fraction of sp³-hybridized carbons (Fsp3) is 0.238. The summed E-state index contributed by atoms with van der Waals surface area (Å²) in [6.07, 6.45) is 80.3. The fourth-order valence-corrected chi connectivity index (χ4v) is 16.4. The third-order valence-electron chi connectivity index (χ3n) is 24.4. The Labute approximate surface area is 828 Å². The van der Waals surface area contributed by atoms with Crippen molar-refractivity contribution < 1.29 is 27.4 Å². The monoisotopic (exact) mass is 1840 g/mol. The highest BCUT2D eigenvalue weighted by atomic mass is 15.0. The van der Waals surface area contributed by atoms with E-state index in [4.69, 9.17) is 0 Å². The first-order chi connectivity index (χ1) is 65.0. The van der Waals surface area contributed by atoms with Crippen LogP contribution in [0.4, 0.5) is 0 Å². The first-order valence-corrected chi connectivity index (χ1v) is 48.5. The summed E-state index contributed by atoms with van der Waals surface area (Å²) in [4.78, 5) is 9.90. The van der Waals surface area contributed by atoms with E-state index in [-0.39, 0.29) is 44.6 Å². The van der Waals surface area contributed by atoms with Gasteiger partial charge in [0.1, 0.15) is 39.3 Å². The lowest BCUT2D eigenvalue weighted by Gasteiger charge is -2.04. The number of aromatic nitrogens is 12. The van der Waals surface area contributed by atoms with Gasteiger partial charge in [0.25, 0.3) is 0 Å². The number of hydrogen-bond acceptors (Lipinski definition) is 0. The van der Waals surface area contributed by atoms with Crippen LogP contribution >= 0.6 is 0 Å². The lowest BCUT2D eigenvalue weighted by Crippen LogP contribution is -2.32. The zero-order valence-electron chi connectivity index (χ0n) is 85.5. The predicted molar refractivity (Wildman–Crippen MR) is 599 cm³/mol. The van der Waals surface area contributed by atoms with Gasteiger partial charge in [0.15, 0.2) is 74.4 Å². The Kier molecular flexibility index (Phi) is 48.0. The summed E-state index contributed by atoms with van der Waals surface area (Å²) in [5, 5.41) is 7.79. The molecular formula is C126H156N12. The highest BCUT2D eigenvalue weighted by Crippen LogP contribution is 2.29. The SMILES string of the molecule is CCCCCC[n+]1ccc(/C=C/c2c[nH]c3ccccc23)cc1.CCCCCCn1cc(/C=C/c2cc[n+](CC)cc2)c2ccccc21.CCCC[n+]1ccc(/C=C/c2c[nH]c3ccccc23)cc1.CCCCn1cc(/C=C/c2cc[n+](CC)cc2)c2ccccc21.CC[n+]1ccc(/C=C/c2c[nH]c3ccccc23)cc1.CCn1cc(/C=C/c2cc[n+](CC)cc2)c2ccccc21.[CH3-].[CH3-].[CH3-].[CH3-].[CH3-].[CH3-]. The van der Waals surface area contributed by atoms with E-state index in [2.05, 4.69) is 515 Å². The molecule has 0 aliphatic rings. The standard InChI is InChI=1S/C23H29N2.C21H25N2.C21H24N2.C19H21N2.C19H20N2.C17H16N2.6CH3/c1-3-5-6-9-16-25-19-21(22-10-7-8-11-23(22)25)13-12-20-14-17-24(4-2)18-15-20;1-3-5-14-23-17-19(20-8-6-7-9-21(20)23)11-10-18-12-15-22(4-2)16-13-18;1-2-3-4-7-14-23-15-12-18(13-16-23)10-11-19-17-22-21-9-6-5-8-20(19)21;1-3-20-13-11-16(12-14-20)9-10-17-15-21(4-2)19-8-6-5-7-18(17)19;1-2-3-12-21-13-10-16(11-14-21)8-9-17-15-20-19-7-5-4-6-18(17)19;1-2-19-11-9-14(10-12-19)7-8-15-13-18-17-6-4-3-5-16(15)17;;;;;;/h7-8,10-15,17-19H,3-6,9,16H2,1-2H3;6-13,15-17H,3-5,14H2,1-2H3;5-6,8-13,15-17H,2-4,7,14H2,1H3;5-15H,3-4H2,1-2H3;4-11,13-15H,2-3,12H2,1H3;3-13H,2H2,1H3;6*1H3/q2*+1;;+1;;;6*-1/p+3. The molecule has 0 spiro atoms. The van der Waals surface area contributed by atoms with Crippen molar-refractivity contribution in [3.63, 3.8) is 0 Å². The number of hydrogen-bond donors (Lipinski definition) is 3. The van der Waals surface area contributed by atoms with Gasteiger partial charge in [0.05, 0.1) is 0 Å². The minimum Gasteiger partial charge on any atom is -0.361 e. The second-order valence-corrected chi connectivity index (χ2v) is 33.8. The highest BCUT2D eigenvalue weighted by Gasteiger charge is 2.12. The number of fused-ring (bicyclic) bond motifs is 6. The molecule has 12 heteroatoms. The molecule has 18 rings (SSSR count). The molecule has 0 unspecified atom stereocenters. The van der Waals surface area contributed by atoms with Crippen LogP contribution in [0.25, 0.3) is 138 Å². The summed E-state index contributed by atoms with van der Waals surface area (Å²) < 4.78 is 20.3. The summed E-state index contributed by atoms with van der Waals surface area (Å²) in [6.45, 7) is 29.2. The molecule has 138 heavy (non-hydrogen) atoms. The second kappa shape index (κ2) is 59.7. The lowest BCUT2D eigenvalue weighted by molar-refractivity contribution is -0.697. The minimum absolute atomic E-state index is 0. The first kappa shape index (κ1) is 111. The maximum atomic E-state index is 3.31. The zero-order chi connectivity index (χ0) is 91.7. The van der Waals surface area contributed by atoms with Crippen molar-refractivity contribution >= 4 is 138 Å². The van der Waals surface area contributed by atoms with Gasteiger partial charge in [0.2, 0.25) is 0 Å². The predicted octanol–water partition coefficient (Wildman–Crippen LogP) is 30.7. The molecule has 0 aliphatic carbocycles. The Morgan fingerprint density at radius 1 is 0.217 bits per heavy atom. The molecule has 0 saturated carbocycles. The van der Waals surface area contributed by atoms with Gasteiger partial charge in [-0.1, -0.05) is 255 Å². The molecule has 0 atom stereocenters. The highest BCUT2D eigenvalue weighted by molar-refractivity contribution is 5.97. The summed E-state index contributed by atoms with van der Waals surface area (Å²) in [5.41, 5.74) is 22.5. The molecule has 0 saturated heterocycles. The Hall–Kier alpha value is -14.1. The molecule has 0 amide bonds. The molecule has 0 bridgehead atoms. The number of benzene rings is 6. The molecule has 12 nitrogen and oxygen atoms in total. The largest absolute Gasteiger partial charge is 0.361 e. The van der Waals surface area contributed by atoms with E-state index in [0.29, 0.717) is 0 Å². The number of rotatable bonds is 33. The van der Waals surface area contributed by atoms with Gasteiger partial charge < -0.3 is 73.2 Å². The maximum Gasteiger partial charge on any atom is 0.169 e. The quantitative estimate of drug-likeness (QED) is 0.0208. The van der Waals surface area contributed by atoms with Crippen LogP contribution < -0.4 is 27.4 Å². The summed E-state index contributed by atoms with van der Waals surface area (Å²) in [5.74, 6) is 0. The number of H-pyrrole nitrogens is 3. The van der Waals surface area contributed by atoms with E-state index in [1.165, 1.54) is 209 Å². The van der Waals surface area contributed by atoms with Crippen molar-refractivity contribution in [2.45, 2.75) is 198 Å². The van der Waals surface area contributed by atoms with Gasteiger partial charge >= 0.3 is 0 Å². The number of unbranched alkanes of at least 4 members (excludes halogenated alkanes) is 8. The van der Waals surface area contributed by atoms with Crippen molar-refractivity contribution in [2.75, 3.05) is 0 Å². The number of aryl methyl sites for hydroxylation is 9. The summed E-state index contributed by atoms with van der Waals surface area (Å²) >= 11 is 0. The van der Waals surface area contributed by atoms with E-state index in [1.54, 1.807) is 0 Å². The van der Waals surface area contributed by atoms with E-state index in [1.807, 2.05) is 6.07 Å². The number of nitrogens with zero attached hydrogens (tertiary/aromatic N) is 9. The summed E-state index contributed by atoms with van der Waals surface area (Å²) in [7, 11) is 0. The van der Waals surface area contributed by atoms with Crippen LogP contribution in [-0.2, 0) is 58.9 Å². The van der Waals surface area contributed by atoms with Crippen LogP contribution in [0.3, 0.4) is 0 Å². The normalized spacial score (nSPS) is 11.0. The van der Waals surface area contributed by atoms with Crippen LogP contribution in [0.15, 0.2) is 330 Å². The van der Waals surface area contributed by atoms with Crippen molar-refractivity contribution in [2.24, 2.45) is 0 Å². The second-order valence-electron chi connectivity index (χ2n) is 33.8. The average Bonchev–Trinajstić information content (AvgIpc) is 1.66. The first-order valence-electron chi connectivity index (χ1n) is 48.5. The van der Waals surface area contributed by atoms with Crippen molar-refractivity contribution in [1.82, 2.24) is 28.7 Å². The van der Waals surface area contributed by atoms with E-state index in [0.717, 1.165) is 58.9 Å². The Bertz CT molecular complexity index is 6690. The third kappa shape index (κ3) is 32.3. The zero-order valence-corrected chi connectivity index (χ0v) is 85.5. The summed E-state index contributed by atoms with van der Waals surface area (Å²) in [6, 6.07) is 77.1. The molecular weight excluding hydrogens is 1680 g/mol. The van der Waals surface area contributed by atoms with Gasteiger partial charge in [-0.2, -0.15) is 0 Å². The van der Waals surface area contributed by atoms with Crippen LogP contribution in [-0.4, -0.2) is 28.7 Å². The Morgan fingerprint density at radius 2 is 0.457 bits per heavy atom. The molecule has 0 radical (unpaired) electrons. The average molecular weight is 1840 g/mol. The van der Waals surface area contributed by atoms with Gasteiger partial charge in [0, 0.05) is 208 Å². The molecule has 6 aromatic carbocycles. The van der Waals surface area contributed by atoms with E-state index >= 15 is 0 Å². The topological polar surface area (TPSA) is 85.4 Å². The lowest BCUT2D eigenvalue weighted by atomic mass is 10.1. The van der Waals surface area contributed by atoms with Crippen molar-refractivity contribution in [3.05, 3.63) is 441 Å². The van der Waals surface area contributed by atoms with Crippen molar-refractivity contribution in [1.29, 1.82) is 0 Å². The Balaban J connectivity index is 0.000000224. The molecule has 12 aromatic heterocycles. The van der Waals surface area contributed by atoms with Crippen LogP contribution in [0.5, 0.6) is 0 Å². The minimum atomic E-state index is 0. The molecule has 720 valence electrons. The molecule has 0 aliphatic heterocycles. The van der Waals surface area contributed by atoms with Crippen LogP contribution in [0.1, 0.15) is 206 Å². The van der Waals surface area contributed by atoms with Crippen LogP contribution in [0.2, 0.25) is 0 Å². The Morgan fingerprint density at radius 3 is 0.746 bits per heavy atom. The smallest absolute Gasteiger partial charge is 0.169 e. The van der Waals surface area contributed by atoms with Crippen molar-refractivity contribution in [3.8, 4) is 0 Å². The van der Waals surface area contributed by atoms with Gasteiger partial charge in [-0.25, -0.2) is 27.4 Å². The van der Waals surface area contributed by atoms with Crippen LogP contribution in [0, 0.1) is 44.6 Å². The number of aromatic amines is 3. The van der Waals surface area contributed by atoms with E-state index < -0.39 is 0 Å². The fourth-order valence-electron chi connectivity index (χ4n) is 16.4. The molecule has 18 aromatic rings. The number of nitrogens with one attached hydrogen (secondary N) is 3. The molecule has 0 fully saturated rings. The maximum absolute atomic E-state index is 3.31. The number of pyridine rings is 6. The van der Waals surface area contributed by atoms with E-state index in [9.17, 15) is 0 Å². The van der Waals surface area contributed by atoms with Gasteiger partial charge in [-0.05, 0) is 157 Å². The molecule has 12 heterocycles. The van der Waals surface area contributed by atoms with Gasteiger partial charge in [-0.15, -0.1) is 0 Å². The molecule has 3 N–H and O–H groups in total. The van der Waals surface area contributed by atoms with Gasteiger partial charge in [-0.3, -0.25) is 0 Å².